The third-order valence-corrected chi connectivity index (χ3v) is 2.10. The summed E-state index contributed by atoms with van der Waals surface area (Å²) in [5.74, 6) is -1.08. The van der Waals surface area contributed by atoms with Crippen LogP contribution in [0.2, 0.25) is 0 Å². The van der Waals surface area contributed by atoms with Crippen molar-refractivity contribution < 1.29 is 14.3 Å². The summed E-state index contributed by atoms with van der Waals surface area (Å²) < 4.78 is 4.44. The second kappa shape index (κ2) is 4.55. The highest BCUT2D eigenvalue weighted by molar-refractivity contribution is 6.24. The molecular formula is C12H12O3. The molecule has 0 aliphatic heterocycles. The smallest absolute Gasteiger partial charge is 0.341 e. The van der Waals surface area contributed by atoms with Gasteiger partial charge in [0.25, 0.3) is 0 Å². The molecule has 1 aromatic rings. The SMILES string of the molecule is C=C(C(=O)OC)C(=O)c1ccccc1C. The number of ether oxygens (including phenoxy) is 1. The second-order valence-corrected chi connectivity index (χ2v) is 3.11. The van der Waals surface area contributed by atoms with E-state index in [0.29, 0.717) is 5.56 Å². The molecule has 0 radical (unpaired) electrons. The molecule has 0 fully saturated rings. The van der Waals surface area contributed by atoms with E-state index in [4.69, 9.17) is 0 Å². The Morgan fingerprint density at radius 3 is 2.40 bits per heavy atom. The molecule has 0 atom stereocenters. The number of benzene rings is 1. The highest BCUT2D eigenvalue weighted by Gasteiger charge is 2.18. The van der Waals surface area contributed by atoms with E-state index in [-0.39, 0.29) is 11.4 Å². The Balaban J connectivity index is 3.01. The van der Waals surface area contributed by atoms with E-state index in [1.54, 1.807) is 25.1 Å². The van der Waals surface area contributed by atoms with E-state index >= 15 is 0 Å². The van der Waals surface area contributed by atoms with Crippen LogP contribution >= 0.6 is 0 Å². The molecule has 1 aromatic carbocycles. The van der Waals surface area contributed by atoms with E-state index < -0.39 is 5.97 Å². The highest BCUT2D eigenvalue weighted by Crippen LogP contribution is 2.12. The molecule has 0 aromatic heterocycles. The first-order chi connectivity index (χ1) is 7.07. The predicted molar refractivity (Wildman–Crippen MR) is 56.7 cm³/mol. The number of rotatable bonds is 3. The monoisotopic (exact) mass is 204 g/mol. The van der Waals surface area contributed by atoms with E-state index in [1.807, 2.05) is 6.07 Å². The number of aryl methyl sites for hydroxylation is 1. The highest BCUT2D eigenvalue weighted by atomic mass is 16.5. The third-order valence-electron chi connectivity index (χ3n) is 2.10. The van der Waals surface area contributed by atoms with Crippen molar-refractivity contribution >= 4 is 11.8 Å². The number of esters is 1. The fourth-order valence-electron chi connectivity index (χ4n) is 1.21. The Labute approximate surface area is 88.4 Å². The molecule has 0 heterocycles. The van der Waals surface area contributed by atoms with Gasteiger partial charge in [0.15, 0.2) is 5.78 Å². The molecular weight excluding hydrogens is 192 g/mol. The Morgan fingerprint density at radius 1 is 1.27 bits per heavy atom. The van der Waals surface area contributed by atoms with Gasteiger partial charge in [0.1, 0.15) is 5.57 Å². The van der Waals surface area contributed by atoms with E-state index in [9.17, 15) is 9.59 Å². The summed E-state index contributed by atoms with van der Waals surface area (Å²) in [5, 5.41) is 0. The van der Waals surface area contributed by atoms with Crippen LogP contribution in [0.15, 0.2) is 36.4 Å². The second-order valence-electron chi connectivity index (χ2n) is 3.11. The number of hydrogen-bond donors (Lipinski definition) is 0. The molecule has 0 amide bonds. The van der Waals surface area contributed by atoms with Gasteiger partial charge in [0, 0.05) is 5.56 Å². The summed E-state index contributed by atoms with van der Waals surface area (Å²) in [5.41, 5.74) is 1.15. The predicted octanol–water partition coefficient (Wildman–Crippen LogP) is 1.91. The van der Waals surface area contributed by atoms with Gasteiger partial charge in [-0.1, -0.05) is 30.8 Å². The van der Waals surface area contributed by atoms with Gasteiger partial charge >= 0.3 is 5.97 Å². The van der Waals surface area contributed by atoms with Crippen molar-refractivity contribution in [1.82, 2.24) is 0 Å². The summed E-state index contributed by atoms with van der Waals surface area (Å²) in [4.78, 5) is 22.9. The molecule has 1 rings (SSSR count). The summed E-state index contributed by atoms with van der Waals surface area (Å²) in [6, 6.07) is 7.03. The number of methoxy groups -OCH3 is 1. The molecule has 0 saturated heterocycles. The van der Waals surface area contributed by atoms with Crippen molar-refractivity contribution in [3.63, 3.8) is 0 Å². The minimum absolute atomic E-state index is 0.146. The molecule has 15 heavy (non-hydrogen) atoms. The van der Waals surface area contributed by atoms with Crippen molar-refractivity contribution in [2.75, 3.05) is 7.11 Å². The first-order valence-electron chi connectivity index (χ1n) is 4.45. The van der Waals surface area contributed by atoms with Gasteiger partial charge in [-0.3, -0.25) is 4.79 Å². The Bertz CT molecular complexity index is 419. The average Bonchev–Trinajstić information content (AvgIpc) is 2.26. The molecule has 0 spiro atoms. The molecule has 78 valence electrons. The maximum Gasteiger partial charge on any atom is 0.341 e. The number of Topliss-reactive ketones (excluding diaryl/α,β-unsaturated/α-hetero) is 1. The topological polar surface area (TPSA) is 43.4 Å². The minimum Gasteiger partial charge on any atom is -0.465 e. The molecule has 0 aliphatic carbocycles. The van der Waals surface area contributed by atoms with Crippen LogP contribution in [0.4, 0.5) is 0 Å². The Kier molecular flexibility index (Phi) is 3.39. The van der Waals surface area contributed by atoms with Gasteiger partial charge < -0.3 is 4.74 Å². The quantitative estimate of drug-likeness (QED) is 0.248. The molecule has 0 aliphatic rings. The van der Waals surface area contributed by atoms with Crippen LogP contribution in [0.3, 0.4) is 0 Å². The van der Waals surface area contributed by atoms with Crippen LogP contribution in [0.25, 0.3) is 0 Å². The zero-order valence-corrected chi connectivity index (χ0v) is 8.74. The third kappa shape index (κ3) is 2.31. The zero-order chi connectivity index (χ0) is 11.4. The first-order valence-corrected chi connectivity index (χ1v) is 4.45. The van der Waals surface area contributed by atoms with Crippen molar-refractivity contribution in [1.29, 1.82) is 0 Å². The van der Waals surface area contributed by atoms with Gasteiger partial charge in [-0.2, -0.15) is 0 Å². The van der Waals surface area contributed by atoms with Gasteiger partial charge in [0.05, 0.1) is 7.11 Å². The summed E-state index contributed by atoms with van der Waals surface area (Å²) in [6.07, 6.45) is 0. The summed E-state index contributed by atoms with van der Waals surface area (Å²) in [6.45, 7) is 5.22. The van der Waals surface area contributed by atoms with Gasteiger partial charge in [-0.25, -0.2) is 4.79 Å². The van der Waals surface area contributed by atoms with Gasteiger partial charge in [-0.15, -0.1) is 0 Å². The standard InChI is InChI=1S/C12H12O3/c1-8-6-4-5-7-10(8)11(13)9(2)12(14)15-3/h4-7H,2H2,1,3H3. The van der Waals surface area contributed by atoms with Crippen molar-refractivity contribution in [3.05, 3.63) is 47.5 Å². The van der Waals surface area contributed by atoms with Crippen molar-refractivity contribution in [2.24, 2.45) is 0 Å². The molecule has 0 saturated carbocycles. The maximum atomic E-state index is 11.8. The van der Waals surface area contributed by atoms with Crippen LogP contribution in [-0.2, 0) is 9.53 Å². The Morgan fingerprint density at radius 2 is 1.87 bits per heavy atom. The first kappa shape index (κ1) is 11.2. The van der Waals surface area contributed by atoms with Crippen LogP contribution in [0, 0.1) is 6.92 Å². The average molecular weight is 204 g/mol. The molecule has 3 heteroatoms. The largest absolute Gasteiger partial charge is 0.465 e. The zero-order valence-electron chi connectivity index (χ0n) is 8.74. The summed E-state index contributed by atoms with van der Waals surface area (Å²) in [7, 11) is 1.22. The number of hydrogen-bond acceptors (Lipinski definition) is 3. The Hall–Kier alpha value is -1.90. The van der Waals surface area contributed by atoms with Crippen LogP contribution < -0.4 is 0 Å². The van der Waals surface area contributed by atoms with E-state index in [0.717, 1.165) is 5.56 Å². The lowest BCUT2D eigenvalue weighted by Gasteiger charge is -2.05. The lowest BCUT2D eigenvalue weighted by Crippen LogP contribution is -2.14. The molecule has 0 N–H and O–H groups in total. The number of ketones is 1. The molecule has 0 unspecified atom stereocenters. The van der Waals surface area contributed by atoms with E-state index in [1.165, 1.54) is 7.11 Å². The van der Waals surface area contributed by atoms with Crippen molar-refractivity contribution in [2.45, 2.75) is 6.92 Å². The van der Waals surface area contributed by atoms with Crippen LogP contribution in [0.1, 0.15) is 15.9 Å². The fourth-order valence-corrected chi connectivity index (χ4v) is 1.21. The van der Waals surface area contributed by atoms with Crippen LogP contribution in [0.5, 0.6) is 0 Å². The maximum absolute atomic E-state index is 11.8. The molecule has 0 bridgehead atoms. The fraction of sp³-hybridized carbons (Fsp3) is 0.167. The van der Waals surface area contributed by atoms with Crippen LogP contribution in [-0.4, -0.2) is 18.9 Å². The minimum atomic E-state index is -0.691. The lowest BCUT2D eigenvalue weighted by molar-refractivity contribution is -0.135. The number of carbonyl (C=O) groups is 2. The lowest BCUT2D eigenvalue weighted by atomic mass is 10.0. The van der Waals surface area contributed by atoms with E-state index in [2.05, 4.69) is 11.3 Å². The number of carbonyl (C=O) groups excluding carboxylic acids is 2. The molecule has 3 nitrogen and oxygen atoms in total. The normalized spacial score (nSPS) is 9.47. The van der Waals surface area contributed by atoms with Gasteiger partial charge in [-0.05, 0) is 12.5 Å². The van der Waals surface area contributed by atoms with Gasteiger partial charge in [0.2, 0.25) is 0 Å². The summed E-state index contributed by atoms with van der Waals surface area (Å²) >= 11 is 0. The van der Waals surface area contributed by atoms with Crippen molar-refractivity contribution in [3.8, 4) is 0 Å².